The number of fused-ring (bicyclic) bond motifs is 1. The fraction of sp³-hybridized carbons (Fsp3) is 0.692. The van der Waals surface area contributed by atoms with Crippen molar-refractivity contribution in [1.29, 1.82) is 0 Å². The van der Waals surface area contributed by atoms with E-state index in [0.29, 0.717) is 6.54 Å². The smallest absolute Gasteiger partial charge is 0.230 e. The predicted octanol–water partition coefficient (Wildman–Crippen LogP) is 2.34. The Labute approximate surface area is 112 Å². The van der Waals surface area contributed by atoms with E-state index in [1.807, 2.05) is 0 Å². The quantitative estimate of drug-likeness (QED) is 0.860. The van der Waals surface area contributed by atoms with Gasteiger partial charge in [-0.25, -0.2) is 4.98 Å². The van der Waals surface area contributed by atoms with Gasteiger partial charge in [0.1, 0.15) is 0 Å². The largest absolute Gasteiger partial charge is 0.330 e. The standard InChI is InChI=1S/C13H21N3OS/c1-2-5-9(8-14)12(17)16-13-15-10-6-3-4-7-11(10)18-13/h9H,2-8,14H2,1H3,(H,15,16,17). The van der Waals surface area contributed by atoms with Crippen LogP contribution in [0.3, 0.4) is 0 Å². The minimum absolute atomic E-state index is 0.0189. The molecule has 1 aliphatic carbocycles. The maximum Gasteiger partial charge on any atom is 0.230 e. The van der Waals surface area contributed by atoms with Crippen LogP contribution in [0.4, 0.5) is 5.13 Å². The first-order valence-corrected chi connectivity index (χ1v) is 7.55. The van der Waals surface area contributed by atoms with Crippen LogP contribution < -0.4 is 11.1 Å². The van der Waals surface area contributed by atoms with Gasteiger partial charge in [-0.15, -0.1) is 11.3 Å². The van der Waals surface area contributed by atoms with Crippen molar-refractivity contribution >= 4 is 22.4 Å². The van der Waals surface area contributed by atoms with Gasteiger partial charge in [-0.2, -0.15) is 0 Å². The van der Waals surface area contributed by atoms with Gasteiger partial charge in [-0.3, -0.25) is 4.79 Å². The summed E-state index contributed by atoms with van der Waals surface area (Å²) in [5.41, 5.74) is 6.81. The van der Waals surface area contributed by atoms with Crippen molar-refractivity contribution in [2.24, 2.45) is 11.7 Å². The molecule has 0 fully saturated rings. The molecule has 100 valence electrons. The van der Waals surface area contributed by atoms with Crippen molar-refractivity contribution in [2.75, 3.05) is 11.9 Å². The molecule has 1 heterocycles. The van der Waals surface area contributed by atoms with E-state index in [9.17, 15) is 4.79 Å². The van der Waals surface area contributed by atoms with E-state index in [1.165, 1.54) is 23.4 Å². The molecule has 1 atom stereocenters. The van der Waals surface area contributed by atoms with Crippen LogP contribution in [0.2, 0.25) is 0 Å². The Hall–Kier alpha value is -0.940. The number of aryl methyl sites for hydroxylation is 2. The Morgan fingerprint density at radius 2 is 2.28 bits per heavy atom. The predicted molar refractivity (Wildman–Crippen MR) is 74.8 cm³/mol. The molecule has 1 amide bonds. The maximum absolute atomic E-state index is 12.0. The number of rotatable bonds is 5. The Balaban J connectivity index is 2.00. The maximum atomic E-state index is 12.0. The Bertz CT molecular complexity index is 393. The molecule has 3 N–H and O–H groups in total. The third-order valence-corrected chi connectivity index (χ3v) is 4.44. The number of aromatic nitrogens is 1. The van der Waals surface area contributed by atoms with Crippen LogP contribution in [-0.4, -0.2) is 17.4 Å². The van der Waals surface area contributed by atoms with E-state index in [0.717, 1.165) is 30.8 Å². The van der Waals surface area contributed by atoms with E-state index < -0.39 is 0 Å². The summed E-state index contributed by atoms with van der Waals surface area (Å²) in [6.07, 6.45) is 6.43. The fourth-order valence-corrected chi connectivity index (χ4v) is 3.37. The van der Waals surface area contributed by atoms with E-state index in [1.54, 1.807) is 11.3 Å². The number of nitrogens with zero attached hydrogens (tertiary/aromatic N) is 1. The molecule has 0 saturated heterocycles. The zero-order valence-corrected chi connectivity index (χ0v) is 11.7. The van der Waals surface area contributed by atoms with E-state index in [4.69, 9.17) is 5.73 Å². The number of carbonyl (C=O) groups excluding carboxylic acids is 1. The Kier molecular flexibility index (Phi) is 4.72. The van der Waals surface area contributed by atoms with Gasteiger partial charge < -0.3 is 11.1 Å². The average Bonchev–Trinajstić information content (AvgIpc) is 2.77. The summed E-state index contributed by atoms with van der Waals surface area (Å²) in [7, 11) is 0. The normalized spacial score (nSPS) is 16.1. The molecule has 2 rings (SSSR count). The molecule has 0 spiro atoms. The lowest BCUT2D eigenvalue weighted by Crippen LogP contribution is -2.29. The number of thiazole rings is 1. The lowest BCUT2D eigenvalue weighted by Gasteiger charge is -2.11. The van der Waals surface area contributed by atoms with Gasteiger partial charge in [0.05, 0.1) is 11.6 Å². The van der Waals surface area contributed by atoms with Crippen LogP contribution in [0, 0.1) is 5.92 Å². The second kappa shape index (κ2) is 6.29. The first kappa shape index (κ1) is 13.5. The molecule has 1 unspecified atom stereocenters. The highest BCUT2D eigenvalue weighted by molar-refractivity contribution is 7.15. The van der Waals surface area contributed by atoms with Crippen LogP contribution >= 0.6 is 11.3 Å². The van der Waals surface area contributed by atoms with Crippen molar-refractivity contribution < 1.29 is 4.79 Å². The number of amides is 1. The highest BCUT2D eigenvalue weighted by Crippen LogP contribution is 2.29. The third-order valence-electron chi connectivity index (χ3n) is 3.37. The van der Waals surface area contributed by atoms with Gasteiger partial charge >= 0.3 is 0 Å². The van der Waals surface area contributed by atoms with Crippen LogP contribution in [-0.2, 0) is 17.6 Å². The molecular formula is C13H21N3OS. The van der Waals surface area contributed by atoms with Crippen LogP contribution in [0.1, 0.15) is 43.2 Å². The van der Waals surface area contributed by atoms with E-state index >= 15 is 0 Å². The molecule has 0 radical (unpaired) electrons. The fourth-order valence-electron chi connectivity index (χ4n) is 2.32. The van der Waals surface area contributed by atoms with Crippen molar-refractivity contribution in [2.45, 2.75) is 45.4 Å². The number of hydrogen-bond donors (Lipinski definition) is 2. The minimum atomic E-state index is -0.0871. The molecule has 1 aliphatic rings. The summed E-state index contributed by atoms with van der Waals surface area (Å²) in [5, 5.41) is 3.67. The molecular weight excluding hydrogens is 246 g/mol. The molecule has 0 aliphatic heterocycles. The van der Waals surface area contributed by atoms with Gasteiger partial charge in [-0.05, 0) is 32.1 Å². The van der Waals surface area contributed by atoms with E-state index in [-0.39, 0.29) is 11.8 Å². The zero-order valence-electron chi connectivity index (χ0n) is 10.9. The van der Waals surface area contributed by atoms with Crippen molar-refractivity contribution in [3.05, 3.63) is 10.6 Å². The summed E-state index contributed by atoms with van der Waals surface area (Å²) in [4.78, 5) is 17.9. The number of carbonyl (C=O) groups is 1. The average molecular weight is 267 g/mol. The molecule has 0 bridgehead atoms. The minimum Gasteiger partial charge on any atom is -0.330 e. The first-order valence-electron chi connectivity index (χ1n) is 6.74. The topological polar surface area (TPSA) is 68.0 Å². The number of hydrogen-bond acceptors (Lipinski definition) is 4. The van der Waals surface area contributed by atoms with Crippen molar-refractivity contribution in [1.82, 2.24) is 4.98 Å². The van der Waals surface area contributed by atoms with Gasteiger partial charge in [0.2, 0.25) is 5.91 Å². The van der Waals surface area contributed by atoms with Gasteiger partial charge in [0.15, 0.2) is 5.13 Å². The van der Waals surface area contributed by atoms with E-state index in [2.05, 4.69) is 17.2 Å². The van der Waals surface area contributed by atoms with Crippen LogP contribution in [0.5, 0.6) is 0 Å². The van der Waals surface area contributed by atoms with Gasteiger partial charge in [0.25, 0.3) is 0 Å². The molecule has 0 saturated carbocycles. The molecule has 0 aromatic carbocycles. The lowest BCUT2D eigenvalue weighted by atomic mass is 10.0. The number of nitrogens with two attached hydrogens (primary N) is 1. The van der Waals surface area contributed by atoms with Crippen molar-refractivity contribution in [3.8, 4) is 0 Å². The van der Waals surface area contributed by atoms with Crippen LogP contribution in [0.15, 0.2) is 0 Å². The highest BCUT2D eigenvalue weighted by atomic mass is 32.1. The SMILES string of the molecule is CCCC(CN)C(=O)Nc1nc2c(s1)CCCC2. The Morgan fingerprint density at radius 3 is 2.94 bits per heavy atom. The van der Waals surface area contributed by atoms with Crippen molar-refractivity contribution in [3.63, 3.8) is 0 Å². The van der Waals surface area contributed by atoms with Gasteiger partial charge in [-0.1, -0.05) is 13.3 Å². The monoisotopic (exact) mass is 267 g/mol. The highest BCUT2D eigenvalue weighted by Gasteiger charge is 2.20. The third kappa shape index (κ3) is 3.09. The van der Waals surface area contributed by atoms with Gasteiger partial charge in [0, 0.05) is 11.4 Å². The lowest BCUT2D eigenvalue weighted by molar-refractivity contribution is -0.119. The Morgan fingerprint density at radius 1 is 1.50 bits per heavy atom. The summed E-state index contributed by atoms with van der Waals surface area (Å²) >= 11 is 1.63. The molecule has 1 aromatic rings. The first-order chi connectivity index (χ1) is 8.74. The second-order valence-electron chi connectivity index (χ2n) is 4.81. The summed E-state index contributed by atoms with van der Waals surface area (Å²) in [6, 6.07) is 0. The number of nitrogens with one attached hydrogen (secondary N) is 1. The number of anilines is 1. The second-order valence-corrected chi connectivity index (χ2v) is 5.89. The summed E-state index contributed by atoms with van der Waals surface area (Å²) in [5.74, 6) is -0.0682. The molecule has 1 aromatic heterocycles. The zero-order chi connectivity index (χ0) is 13.0. The molecule has 5 heteroatoms. The van der Waals surface area contributed by atoms with Crippen LogP contribution in [0.25, 0.3) is 0 Å². The molecule has 18 heavy (non-hydrogen) atoms. The molecule has 4 nitrogen and oxygen atoms in total. The summed E-state index contributed by atoms with van der Waals surface area (Å²) in [6.45, 7) is 2.48. The summed E-state index contributed by atoms with van der Waals surface area (Å²) < 4.78 is 0.